The Hall–Kier alpha value is -1.25. The van der Waals surface area contributed by atoms with E-state index >= 15 is 0 Å². The highest BCUT2D eigenvalue weighted by Crippen LogP contribution is 2.37. The predicted octanol–water partition coefficient (Wildman–Crippen LogP) is 2.86. The quantitative estimate of drug-likeness (QED) is 0.763. The molecule has 0 spiro atoms. The Morgan fingerprint density at radius 3 is 2.87 bits per heavy atom. The summed E-state index contributed by atoms with van der Waals surface area (Å²) in [6, 6.07) is 5.19. The first-order chi connectivity index (χ1) is 7.06. The minimum absolute atomic E-state index is 0.0378. The van der Waals surface area contributed by atoms with Crippen molar-refractivity contribution in [2.24, 2.45) is 0 Å². The molecular formula is C12H17FN2. The molecule has 0 bridgehead atoms. The zero-order chi connectivity index (χ0) is 11.1. The Balaban J connectivity index is 2.54. The first-order valence-corrected chi connectivity index (χ1v) is 5.36. The molecule has 1 aromatic rings. The summed E-state index contributed by atoms with van der Waals surface area (Å²) in [7, 11) is 0. The Bertz CT molecular complexity index is 374. The number of likely N-dealkylation sites (N-methyl/N-ethyl adjacent to an activating group) is 1. The van der Waals surface area contributed by atoms with Crippen LogP contribution in [0.1, 0.15) is 20.8 Å². The van der Waals surface area contributed by atoms with Crippen molar-refractivity contribution < 1.29 is 4.39 Å². The fourth-order valence-electron chi connectivity index (χ4n) is 2.23. The topological polar surface area (TPSA) is 15.3 Å². The third kappa shape index (κ3) is 1.56. The van der Waals surface area contributed by atoms with E-state index < -0.39 is 0 Å². The normalized spacial score (nSPS) is 18.3. The molecule has 2 rings (SSSR count). The highest BCUT2D eigenvalue weighted by atomic mass is 19.1. The summed E-state index contributed by atoms with van der Waals surface area (Å²) in [6.07, 6.45) is 0. The molecule has 0 fully saturated rings. The fourth-order valence-corrected chi connectivity index (χ4v) is 2.23. The number of hydrogen-bond acceptors (Lipinski definition) is 2. The van der Waals surface area contributed by atoms with E-state index in [0.717, 1.165) is 18.8 Å². The molecule has 82 valence electrons. The maximum atomic E-state index is 13.8. The molecule has 0 amide bonds. The van der Waals surface area contributed by atoms with Gasteiger partial charge in [0.05, 0.1) is 16.9 Å². The van der Waals surface area contributed by atoms with Crippen molar-refractivity contribution in [1.29, 1.82) is 0 Å². The Labute approximate surface area is 90.1 Å². The van der Waals surface area contributed by atoms with E-state index in [2.05, 4.69) is 31.0 Å². The highest BCUT2D eigenvalue weighted by molar-refractivity contribution is 5.74. The molecule has 15 heavy (non-hydrogen) atoms. The van der Waals surface area contributed by atoms with Crippen molar-refractivity contribution >= 4 is 11.4 Å². The van der Waals surface area contributed by atoms with Gasteiger partial charge in [0.25, 0.3) is 0 Å². The Kier molecular flexibility index (Phi) is 2.33. The van der Waals surface area contributed by atoms with Crippen LogP contribution in [0.2, 0.25) is 0 Å². The number of benzene rings is 1. The molecule has 0 saturated heterocycles. The van der Waals surface area contributed by atoms with Gasteiger partial charge in [0, 0.05) is 13.1 Å². The zero-order valence-corrected chi connectivity index (χ0v) is 9.47. The van der Waals surface area contributed by atoms with Gasteiger partial charge in [-0.05, 0) is 32.9 Å². The highest BCUT2D eigenvalue weighted by Gasteiger charge is 2.33. The molecule has 0 radical (unpaired) electrons. The van der Waals surface area contributed by atoms with E-state index in [1.54, 1.807) is 6.07 Å². The van der Waals surface area contributed by atoms with Gasteiger partial charge in [-0.3, -0.25) is 0 Å². The standard InChI is InChI=1S/C12H17FN2/c1-4-15-11-9(13)6-5-7-10(11)14-8-12(15,2)3/h5-7,14H,4,8H2,1-3H3. The van der Waals surface area contributed by atoms with Crippen LogP contribution < -0.4 is 10.2 Å². The zero-order valence-electron chi connectivity index (χ0n) is 9.47. The van der Waals surface area contributed by atoms with E-state index in [1.807, 2.05) is 6.07 Å². The van der Waals surface area contributed by atoms with Gasteiger partial charge in [-0.15, -0.1) is 0 Å². The van der Waals surface area contributed by atoms with Crippen molar-refractivity contribution in [2.45, 2.75) is 26.3 Å². The minimum Gasteiger partial charge on any atom is -0.381 e. The molecular weight excluding hydrogens is 191 g/mol. The van der Waals surface area contributed by atoms with E-state index in [9.17, 15) is 4.39 Å². The molecule has 3 heteroatoms. The summed E-state index contributed by atoms with van der Waals surface area (Å²) >= 11 is 0. The van der Waals surface area contributed by atoms with Crippen LogP contribution in [-0.2, 0) is 0 Å². The van der Waals surface area contributed by atoms with Crippen LogP contribution in [-0.4, -0.2) is 18.6 Å². The number of rotatable bonds is 1. The Morgan fingerprint density at radius 2 is 2.20 bits per heavy atom. The number of para-hydroxylation sites is 1. The van der Waals surface area contributed by atoms with Crippen molar-refractivity contribution in [3.05, 3.63) is 24.0 Å². The molecule has 1 aliphatic heterocycles. The first kappa shape index (κ1) is 10.3. The molecule has 0 aromatic heterocycles. The smallest absolute Gasteiger partial charge is 0.148 e. The van der Waals surface area contributed by atoms with Crippen LogP contribution >= 0.6 is 0 Å². The molecule has 1 aliphatic rings. The molecule has 2 nitrogen and oxygen atoms in total. The van der Waals surface area contributed by atoms with Gasteiger partial charge in [-0.25, -0.2) is 4.39 Å². The van der Waals surface area contributed by atoms with Crippen LogP contribution in [0, 0.1) is 5.82 Å². The number of halogens is 1. The monoisotopic (exact) mass is 208 g/mol. The van der Waals surface area contributed by atoms with Crippen LogP contribution in [0.5, 0.6) is 0 Å². The third-order valence-corrected chi connectivity index (χ3v) is 3.02. The van der Waals surface area contributed by atoms with Gasteiger partial charge in [0.15, 0.2) is 0 Å². The van der Waals surface area contributed by atoms with Crippen LogP contribution in [0.25, 0.3) is 0 Å². The van der Waals surface area contributed by atoms with Crippen LogP contribution in [0.4, 0.5) is 15.8 Å². The second-order valence-corrected chi connectivity index (χ2v) is 4.55. The predicted molar refractivity (Wildman–Crippen MR) is 62.0 cm³/mol. The molecule has 1 heterocycles. The lowest BCUT2D eigenvalue weighted by molar-refractivity contribution is 0.468. The van der Waals surface area contributed by atoms with Crippen LogP contribution in [0.15, 0.2) is 18.2 Å². The van der Waals surface area contributed by atoms with Crippen LogP contribution in [0.3, 0.4) is 0 Å². The Morgan fingerprint density at radius 1 is 1.47 bits per heavy atom. The summed E-state index contributed by atoms with van der Waals surface area (Å²) in [5.74, 6) is -0.144. The number of fused-ring (bicyclic) bond motifs is 1. The van der Waals surface area contributed by atoms with Gasteiger partial charge in [-0.2, -0.15) is 0 Å². The van der Waals surface area contributed by atoms with Crippen molar-refractivity contribution in [1.82, 2.24) is 0 Å². The SMILES string of the molecule is CCN1c2c(F)cccc2NCC1(C)C. The maximum absolute atomic E-state index is 13.8. The van der Waals surface area contributed by atoms with E-state index in [0.29, 0.717) is 5.69 Å². The van der Waals surface area contributed by atoms with E-state index in [-0.39, 0.29) is 11.4 Å². The van der Waals surface area contributed by atoms with Gasteiger partial charge in [-0.1, -0.05) is 6.07 Å². The fraction of sp³-hybridized carbons (Fsp3) is 0.500. The lowest BCUT2D eigenvalue weighted by Crippen LogP contribution is -2.52. The minimum atomic E-state index is -0.144. The third-order valence-electron chi connectivity index (χ3n) is 3.02. The van der Waals surface area contributed by atoms with E-state index in [4.69, 9.17) is 0 Å². The van der Waals surface area contributed by atoms with Gasteiger partial charge < -0.3 is 10.2 Å². The summed E-state index contributed by atoms with van der Waals surface area (Å²) < 4.78 is 13.8. The maximum Gasteiger partial charge on any atom is 0.148 e. The van der Waals surface area contributed by atoms with E-state index in [1.165, 1.54) is 6.07 Å². The largest absolute Gasteiger partial charge is 0.381 e. The average Bonchev–Trinajstić information content (AvgIpc) is 2.18. The molecule has 0 atom stereocenters. The molecule has 0 aliphatic carbocycles. The van der Waals surface area contributed by atoms with Crippen molar-refractivity contribution in [2.75, 3.05) is 23.3 Å². The summed E-state index contributed by atoms with van der Waals surface area (Å²) in [4.78, 5) is 2.12. The molecule has 1 N–H and O–H groups in total. The summed E-state index contributed by atoms with van der Waals surface area (Å²) in [5, 5.41) is 3.28. The number of nitrogens with zero attached hydrogens (tertiary/aromatic N) is 1. The molecule has 1 aromatic carbocycles. The number of anilines is 2. The lowest BCUT2D eigenvalue weighted by atomic mass is 9.97. The second-order valence-electron chi connectivity index (χ2n) is 4.55. The lowest BCUT2D eigenvalue weighted by Gasteiger charge is -2.45. The molecule has 0 unspecified atom stereocenters. The van der Waals surface area contributed by atoms with Gasteiger partial charge in [0.1, 0.15) is 5.82 Å². The average molecular weight is 208 g/mol. The summed E-state index contributed by atoms with van der Waals surface area (Å²) in [6.45, 7) is 7.97. The van der Waals surface area contributed by atoms with Gasteiger partial charge >= 0.3 is 0 Å². The van der Waals surface area contributed by atoms with Gasteiger partial charge in [0.2, 0.25) is 0 Å². The number of hydrogen-bond donors (Lipinski definition) is 1. The molecule has 0 saturated carbocycles. The number of nitrogens with one attached hydrogen (secondary N) is 1. The van der Waals surface area contributed by atoms with Crippen molar-refractivity contribution in [3.8, 4) is 0 Å². The first-order valence-electron chi connectivity index (χ1n) is 5.36. The second kappa shape index (κ2) is 3.40. The summed E-state index contributed by atoms with van der Waals surface area (Å²) in [5.41, 5.74) is 1.57. The van der Waals surface area contributed by atoms with Crippen molar-refractivity contribution in [3.63, 3.8) is 0 Å².